The molecule has 0 aliphatic carbocycles. The maximum atomic E-state index is 5.36. The lowest BCUT2D eigenvalue weighted by molar-refractivity contribution is 0.373. The standard InChI is InChI=1S/C8H15N3OS/c1-2-3-8-10-7(11-12-8)6-13-5-4-9/h2-6,9H2,1H3. The highest BCUT2D eigenvalue weighted by Crippen LogP contribution is 2.08. The van der Waals surface area contributed by atoms with E-state index >= 15 is 0 Å². The summed E-state index contributed by atoms with van der Waals surface area (Å²) in [5, 5.41) is 3.86. The van der Waals surface area contributed by atoms with Crippen molar-refractivity contribution in [1.29, 1.82) is 0 Å². The zero-order valence-corrected chi connectivity index (χ0v) is 8.64. The van der Waals surface area contributed by atoms with Crippen molar-refractivity contribution >= 4 is 11.8 Å². The molecule has 4 nitrogen and oxygen atoms in total. The first kappa shape index (κ1) is 10.5. The van der Waals surface area contributed by atoms with Gasteiger partial charge in [0.1, 0.15) is 0 Å². The van der Waals surface area contributed by atoms with E-state index in [2.05, 4.69) is 17.1 Å². The van der Waals surface area contributed by atoms with Crippen molar-refractivity contribution in [3.05, 3.63) is 11.7 Å². The van der Waals surface area contributed by atoms with Gasteiger partial charge in [-0.15, -0.1) is 0 Å². The molecular formula is C8H15N3OS. The number of thioether (sulfide) groups is 1. The van der Waals surface area contributed by atoms with Crippen LogP contribution < -0.4 is 5.73 Å². The van der Waals surface area contributed by atoms with Gasteiger partial charge in [0.25, 0.3) is 0 Å². The minimum atomic E-state index is 0.699. The largest absolute Gasteiger partial charge is 0.339 e. The number of hydrogen-bond donors (Lipinski definition) is 1. The molecule has 0 aliphatic rings. The highest BCUT2D eigenvalue weighted by Gasteiger charge is 2.04. The van der Waals surface area contributed by atoms with E-state index in [0.717, 1.165) is 36.1 Å². The Morgan fingerprint density at radius 3 is 3.08 bits per heavy atom. The lowest BCUT2D eigenvalue weighted by Crippen LogP contribution is -2.01. The van der Waals surface area contributed by atoms with Crippen LogP contribution >= 0.6 is 11.8 Å². The SMILES string of the molecule is CCCc1nc(CSCCN)no1. The number of aryl methyl sites for hydroxylation is 1. The van der Waals surface area contributed by atoms with Crippen molar-refractivity contribution in [3.63, 3.8) is 0 Å². The molecule has 0 fully saturated rings. The predicted molar refractivity (Wildman–Crippen MR) is 53.5 cm³/mol. The molecule has 1 rings (SSSR count). The molecule has 0 bridgehead atoms. The van der Waals surface area contributed by atoms with Gasteiger partial charge in [-0.05, 0) is 6.42 Å². The monoisotopic (exact) mass is 201 g/mol. The van der Waals surface area contributed by atoms with E-state index in [1.807, 2.05) is 0 Å². The number of hydrogen-bond acceptors (Lipinski definition) is 5. The van der Waals surface area contributed by atoms with E-state index in [-0.39, 0.29) is 0 Å². The quantitative estimate of drug-likeness (QED) is 0.701. The normalized spacial score (nSPS) is 10.6. The van der Waals surface area contributed by atoms with Gasteiger partial charge in [-0.2, -0.15) is 16.7 Å². The van der Waals surface area contributed by atoms with Crippen LogP contribution in [0, 0.1) is 0 Å². The van der Waals surface area contributed by atoms with Crippen molar-refractivity contribution < 1.29 is 4.52 Å². The van der Waals surface area contributed by atoms with Crippen LogP contribution in [0.5, 0.6) is 0 Å². The van der Waals surface area contributed by atoms with Gasteiger partial charge in [-0.1, -0.05) is 12.1 Å². The molecule has 0 atom stereocenters. The van der Waals surface area contributed by atoms with Gasteiger partial charge in [0.15, 0.2) is 5.82 Å². The minimum absolute atomic E-state index is 0.699. The summed E-state index contributed by atoms with van der Waals surface area (Å²) in [7, 11) is 0. The van der Waals surface area contributed by atoms with Gasteiger partial charge in [0.2, 0.25) is 5.89 Å². The summed E-state index contributed by atoms with van der Waals surface area (Å²) in [5.74, 6) is 3.26. The van der Waals surface area contributed by atoms with Crippen LogP contribution in [0.1, 0.15) is 25.1 Å². The van der Waals surface area contributed by atoms with E-state index < -0.39 is 0 Å². The number of nitrogens with two attached hydrogens (primary N) is 1. The lowest BCUT2D eigenvalue weighted by atomic mass is 10.3. The zero-order valence-electron chi connectivity index (χ0n) is 7.82. The maximum absolute atomic E-state index is 5.36. The first-order valence-corrected chi connectivity index (χ1v) is 5.61. The van der Waals surface area contributed by atoms with Crippen LogP contribution in [0.4, 0.5) is 0 Å². The lowest BCUT2D eigenvalue weighted by Gasteiger charge is -1.91. The molecule has 0 spiro atoms. The van der Waals surface area contributed by atoms with Crippen molar-refractivity contribution in [1.82, 2.24) is 10.1 Å². The summed E-state index contributed by atoms with van der Waals surface area (Å²) in [6, 6.07) is 0. The Balaban J connectivity index is 2.31. The van der Waals surface area contributed by atoms with Crippen LogP contribution in [-0.2, 0) is 12.2 Å². The van der Waals surface area contributed by atoms with E-state index in [1.165, 1.54) is 0 Å². The van der Waals surface area contributed by atoms with Crippen molar-refractivity contribution in [2.45, 2.75) is 25.5 Å². The summed E-state index contributed by atoms with van der Waals surface area (Å²) in [4.78, 5) is 4.23. The molecule has 0 amide bonds. The Kier molecular flexibility index (Phi) is 4.85. The second-order valence-corrected chi connectivity index (χ2v) is 3.80. The fourth-order valence-electron chi connectivity index (χ4n) is 0.911. The molecule has 0 radical (unpaired) electrons. The van der Waals surface area contributed by atoms with Gasteiger partial charge in [-0.25, -0.2) is 0 Å². The second kappa shape index (κ2) is 5.99. The Bertz CT molecular complexity index is 239. The fraction of sp³-hybridized carbons (Fsp3) is 0.750. The summed E-state index contributed by atoms with van der Waals surface area (Å²) < 4.78 is 5.03. The molecule has 0 aromatic carbocycles. The number of aromatic nitrogens is 2. The molecule has 0 aliphatic heterocycles. The Hall–Kier alpha value is -0.550. The highest BCUT2D eigenvalue weighted by atomic mass is 32.2. The molecule has 0 saturated heterocycles. The summed E-state index contributed by atoms with van der Waals surface area (Å²) >= 11 is 1.73. The molecular weight excluding hydrogens is 186 g/mol. The summed E-state index contributed by atoms with van der Waals surface area (Å²) in [6.45, 7) is 2.79. The molecule has 1 aromatic heterocycles. The first-order chi connectivity index (χ1) is 6.36. The van der Waals surface area contributed by atoms with Crippen LogP contribution in [0.2, 0.25) is 0 Å². The average Bonchev–Trinajstić information content (AvgIpc) is 2.54. The maximum Gasteiger partial charge on any atom is 0.226 e. The van der Waals surface area contributed by atoms with E-state index in [9.17, 15) is 0 Å². The van der Waals surface area contributed by atoms with E-state index in [4.69, 9.17) is 10.3 Å². The molecule has 5 heteroatoms. The fourth-order valence-corrected chi connectivity index (χ4v) is 1.52. The Morgan fingerprint density at radius 2 is 2.38 bits per heavy atom. The van der Waals surface area contributed by atoms with E-state index in [0.29, 0.717) is 6.54 Å². The smallest absolute Gasteiger partial charge is 0.226 e. The van der Waals surface area contributed by atoms with Crippen LogP contribution in [0.25, 0.3) is 0 Å². The molecule has 1 aromatic rings. The van der Waals surface area contributed by atoms with Crippen molar-refractivity contribution in [3.8, 4) is 0 Å². The third kappa shape index (κ3) is 3.78. The van der Waals surface area contributed by atoms with Crippen LogP contribution in [-0.4, -0.2) is 22.4 Å². The average molecular weight is 201 g/mol. The summed E-state index contributed by atoms with van der Waals surface area (Å²) in [5.41, 5.74) is 5.36. The second-order valence-electron chi connectivity index (χ2n) is 2.70. The van der Waals surface area contributed by atoms with E-state index in [1.54, 1.807) is 11.8 Å². The minimum Gasteiger partial charge on any atom is -0.339 e. The molecule has 0 saturated carbocycles. The van der Waals surface area contributed by atoms with Gasteiger partial charge in [0.05, 0.1) is 5.75 Å². The topological polar surface area (TPSA) is 64.9 Å². The van der Waals surface area contributed by atoms with Crippen LogP contribution in [0.3, 0.4) is 0 Å². The molecule has 2 N–H and O–H groups in total. The third-order valence-corrected chi connectivity index (χ3v) is 2.45. The Morgan fingerprint density at radius 1 is 1.54 bits per heavy atom. The molecule has 13 heavy (non-hydrogen) atoms. The number of rotatable bonds is 6. The van der Waals surface area contributed by atoms with Gasteiger partial charge in [0, 0.05) is 18.7 Å². The van der Waals surface area contributed by atoms with Gasteiger partial charge >= 0.3 is 0 Å². The Labute approximate surface area is 82.3 Å². The van der Waals surface area contributed by atoms with Crippen molar-refractivity contribution in [2.75, 3.05) is 12.3 Å². The zero-order chi connectivity index (χ0) is 9.52. The third-order valence-electron chi connectivity index (χ3n) is 1.47. The van der Waals surface area contributed by atoms with Crippen LogP contribution in [0.15, 0.2) is 4.52 Å². The highest BCUT2D eigenvalue weighted by molar-refractivity contribution is 7.98. The van der Waals surface area contributed by atoms with Gasteiger partial charge in [-0.3, -0.25) is 0 Å². The molecule has 0 unspecified atom stereocenters. The first-order valence-electron chi connectivity index (χ1n) is 4.46. The number of nitrogens with zero attached hydrogens (tertiary/aromatic N) is 2. The van der Waals surface area contributed by atoms with Crippen molar-refractivity contribution in [2.24, 2.45) is 5.73 Å². The molecule has 1 heterocycles. The molecule has 74 valence electrons. The summed E-state index contributed by atoms with van der Waals surface area (Å²) in [6.07, 6.45) is 1.91. The van der Waals surface area contributed by atoms with Gasteiger partial charge < -0.3 is 10.3 Å². The predicted octanol–water partition coefficient (Wildman–Crippen LogP) is 1.21.